The number of carbonyl (C=O) groups is 1. The monoisotopic (exact) mass is 329 g/mol. The molecule has 1 aromatic carbocycles. The number of carbonyl (C=O) groups excluding carboxylic acids is 1. The van der Waals surface area contributed by atoms with Crippen LogP contribution in [0.4, 0.5) is 13.2 Å². The van der Waals surface area contributed by atoms with Gasteiger partial charge in [-0.25, -0.2) is 0 Å². The van der Waals surface area contributed by atoms with Crippen molar-refractivity contribution in [2.24, 2.45) is 5.73 Å². The average Bonchev–Trinajstić information content (AvgIpc) is 2.48. The number of aryl methyl sites for hydroxylation is 1. The molecule has 23 heavy (non-hydrogen) atoms. The molecule has 128 valence electrons. The van der Waals surface area contributed by atoms with Crippen LogP contribution in [-0.2, 0) is 4.79 Å². The molecule has 0 aromatic heterocycles. The number of nitrogens with zero attached hydrogens (tertiary/aromatic N) is 1. The summed E-state index contributed by atoms with van der Waals surface area (Å²) >= 11 is 0. The molecule has 1 heterocycles. The molecule has 0 radical (unpaired) electrons. The van der Waals surface area contributed by atoms with Gasteiger partial charge in [0, 0.05) is 19.1 Å². The van der Waals surface area contributed by atoms with Crippen molar-refractivity contribution < 1.29 is 18.0 Å². The highest BCUT2D eigenvalue weighted by Crippen LogP contribution is 2.20. The van der Waals surface area contributed by atoms with E-state index in [2.05, 4.69) is 5.32 Å². The molecule has 0 aliphatic carbocycles. The first-order valence-corrected chi connectivity index (χ1v) is 7.66. The Hall–Kier alpha value is -1.60. The quantitative estimate of drug-likeness (QED) is 0.890. The number of halogens is 3. The van der Waals surface area contributed by atoms with Crippen molar-refractivity contribution in [1.29, 1.82) is 0 Å². The van der Waals surface area contributed by atoms with Crippen LogP contribution in [-0.4, -0.2) is 42.7 Å². The third-order valence-corrected chi connectivity index (χ3v) is 4.06. The second-order valence-electron chi connectivity index (χ2n) is 6.06. The van der Waals surface area contributed by atoms with E-state index in [9.17, 15) is 18.0 Å². The largest absolute Gasteiger partial charge is 0.401 e. The first kappa shape index (κ1) is 17.7. The normalized spacial score (nSPS) is 18.7. The molecule has 4 nitrogen and oxygen atoms in total. The zero-order valence-corrected chi connectivity index (χ0v) is 13.1. The van der Waals surface area contributed by atoms with Gasteiger partial charge in [0.25, 0.3) is 0 Å². The summed E-state index contributed by atoms with van der Waals surface area (Å²) in [7, 11) is 0. The average molecular weight is 329 g/mol. The maximum absolute atomic E-state index is 12.3. The molecule has 0 spiro atoms. The highest BCUT2D eigenvalue weighted by atomic mass is 19.4. The summed E-state index contributed by atoms with van der Waals surface area (Å²) in [6.07, 6.45) is -3.17. The molecule has 3 N–H and O–H groups in total. The number of alkyl halides is 3. The fourth-order valence-corrected chi connectivity index (χ4v) is 2.71. The Kier molecular flexibility index (Phi) is 5.64. The van der Waals surface area contributed by atoms with Gasteiger partial charge in [-0.2, -0.15) is 13.2 Å². The third kappa shape index (κ3) is 5.51. The van der Waals surface area contributed by atoms with Gasteiger partial charge < -0.3 is 11.1 Å². The van der Waals surface area contributed by atoms with Gasteiger partial charge in [0.1, 0.15) is 6.04 Å². The Balaban J connectivity index is 1.81. The minimum absolute atomic E-state index is 0.122. The summed E-state index contributed by atoms with van der Waals surface area (Å²) in [6.45, 7) is 1.70. The van der Waals surface area contributed by atoms with Crippen molar-refractivity contribution in [1.82, 2.24) is 10.2 Å². The molecule has 7 heteroatoms. The predicted molar refractivity (Wildman–Crippen MR) is 81.8 cm³/mol. The highest BCUT2D eigenvalue weighted by Gasteiger charge is 2.33. The SMILES string of the molecule is Cc1ccc(C(N)C(=O)NC2CCN(CC(F)(F)F)CC2)cc1. The van der Waals surface area contributed by atoms with E-state index in [0.717, 1.165) is 11.1 Å². The second kappa shape index (κ2) is 7.31. The predicted octanol–water partition coefficient (Wildman–Crippen LogP) is 2.14. The molecule has 1 aliphatic heterocycles. The lowest BCUT2D eigenvalue weighted by Crippen LogP contribution is -2.48. The Morgan fingerprint density at radius 1 is 1.30 bits per heavy atom. The van der Waals surface area contributed by atoms with E-state index in [1.165, 1.54) is 4.90 Å². The van der Waals surface area contributed by atoms with Crippen LogP contribution in [0, 0.1) is 6.92 Å². The minimum atomic E-state index is -4.18. The number of amides is 1. The van der Waals surface area contributed by atoms with Crippen LogP contribution in [0.25, 0.3) is 0 Å². The molecule has 1 aliphatic rings. The lowest BCUT2D eigenvalue weighted by Gasteiger charge is -2.33. The lowest BCUT2D eigenvalue weighted by molar-refractivity contribution is -0.148. The fraction of sp³-hybridized carbons (Fsp3) is 0.562. The van der Waals surface area contributed by atoms with Crippen LogP contribution in [0.15, 0.2) is 24.3 Å². The molecule has 2 rings (SSSR count). The van der Waals surface area contributed by atoms with Gasteiger partial charge >= 0.3 is 6.18 Å². The molecule has 1 fully saturated rings. The second-order valence-corrected chi connectivity index (χ2v) is 6.06. The summed E-state index contributed by atoms with van der Waals surface area (Å²) in [5.41, 5.74) is 7.75. The van der Waals surface area contributed by atoms with Crippen LogP contribution in [0.2, 0.25) is 0 Å². The maximum Gasteiger partial charge on any atom is 0.401 e. The van der Waals surface area contributed by atoms with E-state index in [0.29, 0.717) is 25.9 Å². The first-order chi connectivity index (χ1) is 10.7. The number of hydrogen-bond donors (Lipinski definition) is 2. The molecule has 1 unspecified atom stereocenters. The van der Waals surface area contributed by atoms with Crippen LogP contribution in [0.5, 0.6) is 0 Å². The maximum atomic E-state index is 12.3. The van der Waals surface area contributed by atoms with E-state index in [1.54, 1.807) is 0 Å². The number of likely N-dealkylation sites (tertiary alicyclic amines) is 1. The van der Waals surface area contributed by atoms with Gasteiger partial charge in [-0.3, -0.25) is 9.69 Å². The topological polar surface area (TPSA) is 58.4 Å². The fourth-order valence-electron chi connectivity index (χ4n) is 2.71. The molecule has 1 atom stereocenters. The Morgan fingerprint density at radius 2 is 1.87 bits per heavy atom. The summed E-state index contributed by atoms with van der Waals surface area (Å²) in [4.78, 5) is 13.5. The van der Waals surface area contributed by atoms with Crippen molar-refractivity contribution in [3.8, 4) is 0 Å². The zero-order valence-electron chi connectivity index (χ0n) is 13.1. The minimum Gasteiger partial charge on any atom is -0.352 e. The number of benzene rings is 1. The van der Waals surface area contributed by atoms with Gasteiger partial charge in [-0.05, 0) is 25.3 Å². The van der Waals surface area contributed by atoms with Crippen LogP contribution < -0.4 is 11.1 Å². The van der Waals surface area contributed by atoms with Gasteiger partial charge in [0.15, 0.2) is 0 Å². The van der Waals surface area contributed by atoms with Gasteiger partial charge in [0.05, 0.1) is 6.54 Å². The summed E-state index contributed by atoms with van der Waals surface area (Å²) < 4.78 is 37.0. The van der Waals surface area contributed by atoms with Crippen LogP contribution in [0.1, 0.15) is 30.0 Å². The first-order valence-electron chi connectivity index (χ1n) is 7.66. The number of nitrogens with two attached hydrogens (primary N) is 1. The number of hydrogen-bond acceptors (Lipinski definition) is 3. The molecule has 1 saturated heterocycles. The van der Waals surface area contributed by atoms with E-state index >= 15 is 0 Å². The Bertz CT molecular complexity index is 522. The van der Waals surface area contributed by atoms with Gasteiger partial charge in [0.2, 0.25) is 5.91 Å². The van der Waals surface area contributed by atoms with Crippen LogP contribution >= 0.6 is 0 Å². The van der Waals surface area contributed by atoms with Gasteiger partial charge in [-0.15, -0.1) is 0 Å². The van der Waals surface area contributed by atoms with E-state index < -0.39 is 18.8 Å². The van der Waals surface area contributed by atoms with Crippen LogP contribution in [0.3, 0.4) is 0 Å². The van der Waals surface area contributed by atoms with E-state index in [4.69, 9.17) is 5.73 Å². The van der Waals surface area contributed by atoms with Crippen molar-refractivity contribution in [3.05, 3.63) is 35.4 Å². The van der Waals surface area contributed by atoms with Crippen molar-refractivity contribution in [2.75, 3.05) is 19.6 Å². The smallest absolute Gasteiger partial charge is 0.352 e. The third-order valence-electron chi connectivity index (χ3n) is 4.06. The van der Waals surface area contributed by atoms with Crippen molar-refractivity contribution in [2.45, 2.75) is 38.0 Å². The van der Waals surface area contributed by atoms with Gasteiger partial charge in [-0.1, -0.05) is 29.8 Å². The summed E-state index contributed by atoms with van der Waals surface area (Å²) in [5.74, 6) is -0.289. The molecule has 0 saturated carbocycles. The van der Waals surface area contributed by atoms with E-state index in [-0.39, 0.29) is 11.9 Å². The number of rotatable bonds is 4. The zero-order chi connectivity index (χ0) is 17.0. The highest BCUT2D eigenvalue weighted by molar-refractivity contribution is 5.83. The van der Waals surface area contributed by atoms with Crippen molar-refractivity contribution >= 4 is 5.91 Å². The Morgan fingerprint density at radius 3 is 2.39 bits per heavy atom. The number of nitrogens with one attached hydrogen (secondary N) is 1. The number of piperidine rings is 1. The Labute approximate surface area is 133 Å². The van der Waals surface area contributed by atoms with Crippen molar-refractivity contribution in [3.63, 3.8) is 0 Å². The standard InChI is InChI=1S/C16H22F3N3O/c1-11-2-4-12(5-3-11)14(20)15(23)21-13-6-8-22(9-7-13)10-16(17,18)19/h2-5,13-14H,6-10,20H2,1H3,(H,21,23). The molecule has 1 aromatic rings. The summed E-state index contributed by atoms with van der Waals surface area (Å²) in [6, 6.07) is 6.51. The molecule has 1 amide bonds. The summed E-state index contributed by atoms with van der Waals surface area (Å²) in [5, 5.41) is 2.84. The van der Waals surface area contributed by atoms with E-state index in [1.807, 2.05) is 31.2 Å². The molecular formula is C16H22F3N3O. The lowest BCUT2D eigenvalue weighted by atomic mass is 10.0. The molecule has 0 bridgehead atoms. The molecular weight excluding hydrogens is 307 g/mol.